The fourth-order valence-corrected chi connectivity index (χ4v) is 2.68. The maximum atomic E-state index is 12.0. The molecule has 1 aliphatic rings. The third kappa shape index (κ3) is 2.97. The number of hydrogen-bond acceptors (Lipinski definition) is 3. The first kappa shape index (κ1) is 13.4. The topological polar surface area (TPSA) is 74.2 Å². The normalized spacial score (nSPS) is 16.3. The van der Waals surface area contributed by atoms with E-state index >= 15 is 0 Å². The van der Waals surface area contributed by atoms with Gasteiger partial charge in [0.25, 0.3) is 0 Å². The van der Waals surface area contributed by atoms with Crippen molar-refractivity contribution in [3.8, 4) is 5.75 Å². The van der Waals surface area contributed by atoms with E-state index < -0.39 is 0 Å². The Hall–Kier alpha value is -2.56. The molecule has 2 aromatic rings. The predicted molar refractivity (Wildman–Crippen MR) is 78.8 cm³/mol. The summed E-state index contributed by atoms with van der Waals surface area (Å²) in [6.07, 6.45) is 5.00. The summed E-state index contributed by atoms with van der Waals surface area (Å²) in [6, 6.07) is 8.94. The predicted octanol–water partition coefficient (Wildman–Crippen LogP) is 2.27. The number of carbonyl (C=O) groups is 1. The van der Waals surface area contributed by atoms with Gasteiger partial charge in [0.1, 0.15) is 5.75 Å². The number of nitrogens with one attached hydrogen (secondary N) is 2. The van der Waals surface area contributed by atoms with E-state index in [1.807, 2.05) is 24.3 Å². The van der Waals surface area contributed by atoms with Crippen molar-refractivity contribution < 1.29 is 9.90 Å². The Morgan fingerprint density at radius 1 is 1.29 bits per heavy atom. The molecule has 0 spiro atoms. The van der Waals surface area contributed by atoms with Crippen molar-refractivity contribution in [1.29, 1.82) is 0 Å². The summed E-state index contributed by atoms with van der Waals surface area (Å²) in [5, 5.41) is 15.6. The SMILES string of the molecule is O=C(NCc1ccncc1)NC1CCc2c(O)cccc21. The maximum Gasteiger partial charge on any atom is 0.315 e. The number of carbonyl (C=O) groups excluding carboxylic acids is 1. The molecule has 1 aromatic heterocycles. The van der Waals surface area contributed by atoms with E-state index in [1.54, 1.807) is 18.5 Å². The number of benzene rings is 1. The van der Waals surface area contributed by atoms with Crippen molar-refractivity contribution in [1.82, 2.24) is 15.6 Å². The molecular formula is C16H17N3O2. The number of urea groups is 1. The number of rotatable bonds is 3. The van der Waals surface area contributed by atoms with Crippen LogP contribution in [0.4, 0.5) is 4.79 Å². The van der Waals surface area contributed by atoms with Crippen molar-refractivity contribution in [2.24, 2.45) is 0 Å². The highest BCUT2D eigenvalue weighted by Crippen LogP contribution is 2.36. The van der Waals surface area contributed by atoms with Crippen LogP contribution >= 0.6 is 0 Å². The van der Waals surface area contributed by atoms with Crippen molar-refractivity contribution in [2.45, 2.75) is 25.4 Å². The zero-order valence-electron chi connectivity index (χ0n) is 11.5. The van der Waals surface area contributed by atoms with Crippen molar-refractivity contribution in [2.75, 3.05) is 0 Å². The van der Waals surface area contributed by atoms with Gasteiger partial charge in [0.2, 0.25) is 0 Å². The highest BCUT2D eigenvalue weighted by atomic mass is 16.3. The molecule has 3 N–H and O–H groups in total. The van der Waals surface area contributed by atoms with Gasteiger partial charge in [0.15, 0.2) is 0 Å². The Morgan fingerprint density at radius 2 is 2.10 bits per heavy atom. The van der Waals surface area contributed by atoms with Gasteiger partial charge in [-0.25, -0.2) is 4.79 Å². The second kappa shape index (κ2) is 5.83. The third-order valence-electron chi connectivity index (χ3n) is 3.75. The van der Waals surface area contributed by atoms with E-state index in [4.69, 9.17) is 0 Å². The molecule has 0 saturated heterocycles. The molecular weight excluding hydrogens is 266 g/mol. The average Bonchev–Trinajstić information content (AvgIpc) is 2.91. The molecule has 1 aliphatic carbocycles. The van der Waals surface area contributed by atoms with Crippen LogP contribution in [0.5, 0.6) is 5.75 Å². The lowest BCUT2D eigenvalue weighted by Crippen LogP contribution is -2.36. The molecule has 0 fully saturated rings. The zero-order chi connectivity index (χ0) is 14.7. The molecule has 2 amide bonds. The van der Waals surface area contributed by atoms with E-state index in [-0.39, 0.29) is 12.1 Å². The summed E-state index contributed by atoms with van der Waals surface area (Å²) in [6.45, 7) is 0.466. The Labute approximate surface area is 123 Å². The molecule has 1 atom stereocenters. The monoisotopic (exact) mass is 283 g/mol. The number of phenolic OH excluding ortho intramolecular Hbond substituents is 1. The van der Waals surface area contributed by atoms with Crippen LogP contribution in [0.15, 0.2) is 42.7 Å². The number of phenols is 1. The summed E-state index contributed by atoms with van der Waals surface area (Å²) < 4.78 is 0. The summed E-state index contributed by atoms with van der Waals surface area (Å²) in [5.41, 5.74) is 2.95. The van der Waals surface area contributed by atoms with Gasteiger partial charge in [0, 0.05) is 18.9 Å². The molecule has 5 heteroatoms. The van der Waals surface area contributed by atoms with E-state index in [0.29, 0.717) is 12.3 Å². The zero-order valence-corrected chi connectivity index (χ0v) is 11.5. The minimum absolute atomic E-state index is 0.0375. The van der Waals surface area contributed by atoms with Crippen molar-refractivity contribution in [3.05, 3.63) is 59.4 Å². The van der Waals surface area contributed by atoms with Crippen LogP contribution < -0.4 is 10.6 Å². The first-order valence-corrected chi connectivity index (χ1v) is 6.98. The molecule has 1 aromatic carbocycles. The van der Waals surface area contributed by atoms with Gasteiger partial charge in [-0.3, -0.25) is 4.98 Å². The molecule has 108 valence electrons. The maximum absolute atomic E-state index is 12.0. The Bertz CT molecular complexity index is 643. The lowest BCUT2D eigenvalue weighted by atomic mass is 10.1. The highest BCUT2D eigenvalue weighted by Gasteiger charge is 2.25. The van der Waals surface area contributed by atoms with Gasteiger partial charge >= 0.3 is 6.03 Å². The third-order valence-corrected chi connectivity index (χ3v) is 3.75. The number of pyridine rings is 1. The summed E-state index contributed by atoms with van der Waals surface area (Å²) in [7, 11) is 0. The van der Waals surface area contributed by atoms with Crippen molar-refractivity contribution in [3.63, 3.8) is 0 Å². The van der Waals surface area contributed by atoms with Crippen LogP contribution in [0, 0.1) is 0 Å². The Kier molecular flexibility index (Phi) is 3.73. The molecule has 0 radical (unpaired) electrons. The molecule has 0 aliphatic heterocycles. The molecule has 3 rings (SSSR count). The van der Waals surface area contributed by atoms with Crippen LogP contribution in [-0.2, 0) is 13.0 Å². The van der Waals surface area contributed by atoms with E-state index in [0.717, 1.165) is 29.5 Å². The Balaban J connectivity index is 1.59. The Morgan fingerprint density at radius 3 is 2.90 bits per heavy atom. The summed E-state index contributed by atoms with van der Waals surface area (Å²) in [4.78, 5) is 15.9. The lowest BCUT2D eigenvalue weighted by molar-refractivity contribution is 0.236. The van der Waals surface area contributed by atoms with Crippen LogP contribution in [0.3, 0.4) is 0 Å². The smallest absolute Gasteiger partial charge is 0.315 e. The van der Waals surface area contributed by atoms with Crippen LogP contribution in [0.25, 0.3) is 0 Å². The minimum atomic E-state index is -0.201. The van der Waals surface area contributed by atoms with Gasteiger partial charge in [0.05, 0.1) is 6.04 Å². The van der Waals surface area contributed by atoms with E-state index in [9.17, 15) is 9.90 Å². The number of fused-ring (bicyclic) bond motifs is 1. The first-order chi connectivity index (χ1) is 10.2. The molecule has 5 nitrogen and oxygen atoms in total. The number of hydrogen-bond donors (Lipinski definition) is 3. The number of aromatic hydroxyl groups is 1. The summed E-state index contributed by atoms with van der Waals surface area (Å²) in [5.74, 6) is 0.314. The van der Waals surface area contributed by atoms with Gasteiger partial charge in [-0.1, -0.05) is 12.1 Å². The molecule has 0 bridgehead atoms. The van der Waals surface area contributed by atoms with E-state index in [1.165, 1.54) is 0 Å². The average molecular weight is 283 g/mol. The minimum Gasteiger partial charge on any atom is -0.508 e. The van der Waals surface area contributed by atoms with Gasteiger partial charge < -0.3 is 15.7 Å². The fraction of sp³-hybridized carbons (Fsp3) is 0.250. The second-order valence-electron chi connectivity index (χ2n) is 5.12. The lowest BCUT2D eigenvalue weighted by Gasteiger charge is -2.15. The van der Waals surface area contributed by atoms with Crippen LogP contribution in [0.1, 0.15) is 29.2 Å². The largest absolute Gasteiger partial charge is 0.508 e. The highest BCUT2D eigenvalue weighted by molar-refractivity contribution is 5.74. The molecule has 21 heavy (non-hydrogen) atoms. The second-order valence-corrected chi connectivity index (χ2v) is 5.12. The van der Waals surface area contributed by atoms with Crippen LogP contribution in [0.2, 0.25) is 0 Å². The summed E-state index contributed by atoms with van der Waals surface area (Å²) >= 11 is 0. The molecule has 0 saturated carbocycles. The number of nitrogens with zero attached hydrogens (tertiary/aromatic N) is 1. The van der Waals surface area contributed by atoms with Gasteiger partial charge in [-0.05, 0) is 47.7 Å². The molecule has 1 unspecified atom stereocenters. The number of aromatic nitrogens is 1. The molecule has 1 heterocycles. The van der Waals surface area contributed by atoms with Crippen LogP contribution in [-0.4, -0.2) is 16.1 Å². The fourth-order valence-electron chi connectivity index (χ4n) is 2.68. The van der Waals surface area contributed by atoms with Gasteiger partial charge in [-0.15, -0.1) is 0 Å². The first-order valence-electron chi connectivity index (χ1n) is 6.98. The van der Waals surface area contributed by atoms with Crippen molar-refractivity contribution >= 4 is 6.03 Å². The number of amides is 2. The van der Waals surface area contributed by atoms with E-state index in [2.05, 4.69) is 15.6 Å². The quantitative estimate of drug-likeness (QED) is 0.809. The standard InChI is InChI=1S/C16H17N3O2/c20-15-3-1-2-12-13(15)4-5-14(12)19-16(21)18-10-11-6-8-17-9-7-11/h1-3,6-9,14,20H,4-5,10H2,(H2,18,19,21). The van der Waals surface area contributed by atoms with Gasteiger partial charge in [-0.2, -0.15) is 0 Å².